The van der Waals surface area contributed by atoms with Gasteiger partial charge in [-0.2, -0.15) is 21.0 Å². The number of hydrogen-bond acceptors (Lipinski definition) is 4. The Balaban J connectivity index is 3.04. The first-order chi connectivity index (χ1) is 8.06. The van der Waals surface area contributed by atoms with Gasteiger partial charge in [0.05, 0.1) is 6.61 Å². The highest BCUT2D eigenvalue weighted by Crippen LogP contribution is 2.10. The lowest BCUT2D eigenvalue weighted by molar-refractivity contribution is 0.261. The molecule has 0 heterocycles. The zero-order chi connectivity index (χ0) is 13.0. The molecular formula is C11H24O4S2. The minimum atomic E-state index is -4.24. The molecule has 104 valence electrons. The van der Waals surface area contributed by atoms with Gasteiger partial charge in [-0.15, -0.1) is 0 Å². The van der Waals surface area contributed by atoms with Gasteiger partial charge in [0.15, 0.2) is 0 Å². The van der Waals surface area contributed by atoms with E-state index in [4.69, 9.17) is 4.55 Å². The lowest BCUT2D eigenvalue weighted by Gasteiger charge is -2.02. The number of thiol groups is 1. The predicted octanol–water partition coefficient (Wildman–Crippen LogP) is 3.25. The van der Waals surface area contributed by atoms with Crippen LogP contribution in [0.5, 0.6) is 0 Å². The molecule has 6 heteroatoms. The average molecular weight is 284 g/mol. The van der Waals surface area contributed by atoms with Crippen molar-refractivity contribution in [2.24, 2.45) is 0 Å². The van der Waals surface area contributed by atoms with Crippen LogP contribution in [0.1, 0.15) is 57.8 Å². The summed E-state index contributed by atoms with van der Waals surface area (Å²) in [5, 5.41) is 0. The molecule has 1 N–H and O–H groups in total. The summed E-state index contributed by atoms with van der Waals surface area (Å²) in [6, 6.07) is 0. The van der Waals surface area contributed by atoms with Gasteiger partial charge in [0.2, 0.25) is 0 Å². The molecule has 0 saturated carbocycles. The molecule has 0 aromatic rings. The molecule has 0 fully saturated rings. The van der Waals surface area contributed by atoms with E-state index in [0.717, 1.165) is 18.6 Å². The van der Waals surface area contributed by atoms with Crippen molar-refractivity contribution >= 4 is 23.0 Å². The van der Waals surface area contributed by atoms with E-state index in [2.05, 4.69) is 16.8 Å². The first-order valence-electron chi connectivity index (χ1n) is 6.29. The van der Waals surface area contributed by atoms with Crippen LogP contribution in [-0.4, -0.2) is 25.3 Å². The number of rotatable bonds is 12. The number of unbranched alkanes of at least 4 members (excludes halogenated alkanes) is 8. The van der Waals surface area contributed by atoms with Crippen LogP contribution in [0.15, 0.2) is 0 Å². The second-order valence-corrected chi connectivity index (χ2v) is 5.69. The molecule has 0 aliphatic heterocycles. The maximum absolute atomic E-state index is 10.2. The van der Waals surface area contributed by atoms with Crippen LogP contribution in [0.3, 0.4) is 0 Å². The third-order valence-electron chi connectivity index (χ3n) is 2.53. The van der Waals surface area contributed by atoms with E-state index in [1.807, 2.05) is 0 Å². The van der Waals surface area contributed by atoms with Crippen molar-refractivity contribution in [3.63, 3.8) is 0 Å². The van der Waals surface area contributed by atoms with Gasteiger partial charge >= 0.3 is 10.4 Å². The topological polar surface area (TPSA) is 63.6 Å². The minimum absolute atomic E-state index is 0.0841. The molecule has 0 unspecified atom stereocenters. The molecule has 0 atom stereocenters. The van der Waals surface area contributed by atoms with Crippen molar-refractivity contribution < 1.29 is 17.2 Å². The van der Waals surface area contributed by atoms with Gasteiger partial charge in [0.25, 0.3) is 0 Å². The Bertz CT molecular complexity index is 252. The highest BCUT2D eigenvalue weighted by molar-refractivity contribution is 7.80. The summed E-state index contributed by atoms with van der Waals surface area (Å²) >= 11 is 4.16. The third-order valence-corrected chi connectivity index (χ3v) is 3.32. The van der Waals surface area contributed by atoms with Crippen molar-refractivity contribution in [3.8, 4) is 0 Å². The summed E-state index contributed by atoms with van der Waals surface area (Å²) in [4.78, 5) is 0. The van der Waals surface area contributed by atoms with Gasteiger partial charge in [-0.25, -0.2) is 4.18 Å². The van der Waals surface area contributed by atoms with Crippen LogP contribution in [0.4, 0.5) is 0 Å². The molecule has 0 spiro atoms. The van der Waals surface area contributed by atoms with E-state index in [1.165, 1.54) is 38.5 Å². The second-order valence-electron chi connectivity index (χ2n) is 4.16. The SMILES string of the molecule is O=S(=O)(O)OCCCCCCCCCCCS. The Morgan fingerprint density at radius 3 is 1.65 bits per heavy atom. The van der Waals surface area contributed by atoms with Crippen LogP contribution < -0.4 is 0 Å². The van der Waals surface area contributed by atoms with Crippen molar-refractivity contribution in [1.29, 1.82) is 0 Å². The minimum Gasteiger partial charge on any atom is -0.264 e. The normalized spacial score (nSPS) is 11.9. The lowest BCUT2D eigenvalue weighted by atomic mass is 10.1. The summed E-state index contributed by atoms with van der Waals surface area (Å²) in [6.45, 7) is 0.0841. The monoisotopic (exact) mass is 284 g/mol. The van der Waals surface area contributed by atoms with Crippen LogP contribution in [0.25, 0.3) is 0 Å². The van der Waals surface area contributed by atoms with Crippen molar-refractivity contribution in [3.05, 3.63) is 0 Å². The smallest absolute Gasteiger partial charge is 0.264 e. The Morgan fingerprint density at radius 1 is 0.824 bits per heavy atom. The Kier molecular flexibility index (Phi) is 11.5. The Hall–Kier alpha value is 0.220. The zero-order valence-corrected chi connectivity index (χ0v) is 12.0. The van der Waals surface area contributed by atoms with Gasteiger partial charge in [0, 0.05) is 0 Å². The van der Waals surface area contributed by atoms with E-state index < -0.39 is 10.4 Å². The van der Waals surface area contributed by atoms with Crippen LogP contribution >= 0.6 is 12.6 Å². The molecule has 0 aromatic heterocycles. The standard InChI is InChI=1S/C11H24O4S2/c12-17(13,14)15-10-8-6-4-2-1-3-5-7-9-11-16/h16H,1-11H2,(H,12,13,14). The first kappa shape index (κ1) is 17.2. The molecule has 17 heavy (non-hydrogen) atoms. The van der Waals surface area contributed by atoms with Crippen molar-refractivity contribution in [2.75, 3.05) is 12.4 Å². The van der Waals surface area contributed by atoms with E-state index in [9.17, 15) is 8.42 Å². The second kappa shape index (κ2) is 11.3. The molecular weight excluding hydrogens is 260 g/mol. The zero-order valence-electron chi connectivity index (χ0n) is 10.3. The van der Waals surface area contributed by atoms with Gasteiger partial charge in [-0.05, 0) is 18.6 Å². The fourth-order valence-electron chi connectivity index (χ4n) is 1.62. The van der Waals surface area contributed by atoms with Crippen LogP contribution in [0, 0.1) is 0 Å². The molecule has 4 nitrogen and oxygen atoms in total. The van der Waals surface area contributed by atoms with E-state index in [1.54, 1.807) is 0 Å². The Labute approximate surface area is 110 Å². The summed E-state index contributed by atoms with van der Waals surface area (Å²) in [6.07, 6.45) is 10.2. The van der Waals surface area contributed by atoms with Crippen molar-refractivity contribution in [1.82, 2.24) is 0 Å². The van der Waals surface area contributed by atoms with Gasteiger partial charge in [0.1, 0.15) is 0 Å². The highest BCUT2D eigenvalue weighted by Gasteiger charge is 2.02. The maximum Gasteiger partial charge on any atom is 0.397 e. The van der Waals surface area contributed by atoms with Crippen LogP contribution in [-0.2, 0) is 14.6 Å². The molecule has 0 radical (unpaired) electrons. The molecule has 0 aromatic carbocycles. The lowest BCUT2D eigenvalue weighted by Crippen LogP contribution is -2.04. The summed E-state index contributed by atoms with van der Waals surface area (Å²) in [7, 11) is -4.24. The van der Waals surface area contributed by atoms with Gasteiger partial charge in [-0.1, -0.05) is 44.9 Å². The molecule has 0 amide bonds. The fraction of sp³-hybridized carbons (Fsp3) is 1.00. The van der Waals surface area contributed by atoms with E-state index in [0.29, 0.717) is 6.42 Å². The van der Waals surface area contributed by atoms with Crippen LogP contribution in [0.2, 0.25) is 0 Å². The molecule has 0 aliphatic carbocycles. The molecule has 0 bridgehead atoms. The molecule has 0 aliphatic rings. The third kappa shape index (κ3) is 16.2. The summed E-state index contributed by atoms with van der Waals surface area (Å²) in [5.41, 5.74) is 0. The molecule has 0 saturated heterocycles. The van der Waals surface area contributed by atoms with E-state index >= 15 is 0 Å². The van der Waals surface area contributed by atoms with Gasteiger partial charge in [-0.3, -0.25) is 4.55 Å². The molecule has 0 rings (SSSR count). The largest absolute Gasteiger partial charge is 0.397 e. The quantitative estimate of drug-likeness (QED) is 0.328. The predicted molar refractivity (Wildman–Crippen MR) is 72.9 cm³/mol. The van der Waals surface area contributed by atoms with Crippen molar-refractivity contribution in [2.45, 2.75) is 57.8 Å². The summed E-state index contributed by atoms with van der Waals surface area (Å²) < 4.78 is 33.0. The average Bonchev–Trinajstić information content (AvgIpc) is 2.24. The number of hydrogen-bond donors (Lipinski definition) is 2. The summed E-state index contributed by atoms with van der Waals surface area (Å²) in [5.74, 6) is 0.980. The van der Waals surface area contributed by atoms with Gasteiger partial charge < -0.3 is 0 Å². The fourth-order valence-corrected chi connectivity index (χ4v) is 2.17. The highest BCUT2D eigenvalue weighted by atomic mass is 32.3. The maximum atomic E-state index is 10.2. The first-order valence-corrected chi connectivity index (χ1v) is 8.29. The van der Waals surface area contributed by atoms with E-state index in [-0.39, 0.29) is 6.61 Å². The Morgan fingerprint density at radius 2 is 1.24 bits per heavy atom.